The third kappa shape index (κ3) is 9.07. The number of para-hydroxylation sites is 2. The molecule has 0 aliphatic carbocycles. The van der Waals surface area contributed by atoms with Gasteiger partial charge in [0, 0.05) is 12.4 Å². The first-order valence-corrected chi connectivity index (χ1v) is 18.2. The summed E-state index contributed by atoms with van der Waals surface area (Å²) in [6, 6.07) is 13.0. The summed E-state index contributed by atoms with van der Waals surface area (Å²) in [6.07, 6.45) is 3.71. The zero-order valence-electron chi connectivity index (χ0n) is 29.0. The van der Waals surface area contributed by atoms with E-state index in [-0.39, 0.29) is 59.6 Å². The van der Waals surface area contributed by atoms with E-state index >= 15 is 0 Å². The fourth-order valence-electron chi connectivity index (χ4n) is 5.30. The molecule has 51 heavy (non-hydrogen) atoms. The van der Waals surface area contributed by atoms with Crippen molar-refractivity contribution in [3.05, 3.63) is 88.8 Å². The van der Waals surface area contributed by atoms with Gasteiger partial charge in [-0.3, -0.25) is 9.98 Å². The minimum absolute atomic E-state index is 0. The van der Waals surface area contributed by atoms with Crippen LogP contribution in [-0.2, 0) is 16.5 Å². The first-order valence-electron chi connectivity index (χ1n) is 15.9. The van der Waals surface area contributed by atoms with E-state index in [1.54, 1.807) is 0 Å². The predicted octanol–water partition coefficient (Wildman–Crippen LogP) is 13.9. The smallest absolute Gasteiger partial charge is 0.872 e. The molecule has 0 atom stereocenters. The molecule has 0 N–H and O–H groups in total. The maximum atomic E-state index is 11.7. The maximum Gasteiger partial charge on any atom is 2.00 e. The van der Waals surface area contributed by atoms with Gasteiger partial charge >= 0.3 is 16.5 Å². The van der Waals surface area contributed by atoms with Crippen molar-refractivity contribution in [1.29, 1.82) is 0 Å². The van der Waals surface area contributed by atoms with Crippen LogP contribution in [0.2, 0.25) is 30.1 Å². The van der Waals surface area contributed by atoms with Gasteiger partial charge in [-0.1, -0.05) is 173 Å². The molecule has 5 rings (SSSR count). The summed E-state index contributed by atoms with van der Waals surface area (Å²) in [4.78, 5) is 9.68. The molecular weight excluding hydrogens is 820 g/mol. The number of ether oxygens (including phenoxy) is 2. The molecule has 6 nitrogen and oxygen atoms in total. The fraction of sp³-hybridized carbons (Fsp3) is 0.316. The van der Waals surface area contributed by atoms with E-state index in [2.05, 4.69) is 91.8 Å². The summed E-state index contributed by atoms with van der Waals surface area (Å²) in [7, 11) is 0. The zero-order chi connectivity index (χ0) is 37.2. The van der Waals surface area contributed by atoms with E-state index in [9.17, 15) is 10.2 Å². The molecule has 0 fully saturated rings. The monoisotopic (exact) mass is 852 g/mol. The van der Waals surface area contributed by atoms with E-state index < -0.39 is 21.5 Å². The molecule has 1 heterocycles. The molecule has 13 heteroatoms. The maximum absolute atomic E-state index is 11.7. The summed E-state index contributed by atoms with van der Waals surface area (Å²) < 4.78 is 10.9. The fourth-order valence-corrected chi connectivity index (χ4v) is 6.62. The van der Waals surface area contributed by atoms with Gasteiger partial charge in [0.15, 0.2) is 23.0 Å². The Balaban J connectivity index is 0.000000277. The van der Waals surface area contributed by atoms with Crippen LogP contribution in [0.1, 0.15) is 101 Å². The van der Waals surface area contributed by atoms with Crippen molar-refractivity contribution < 1.29 is 36.2 Å². The average molecular weight is 856 g/mol. The van der Waals surface area contributed by atoms with Crippen molar-refractivity contribution in [2.24, 2.45) is 9.98 Å². The van der Waals surface area contributed by atoms with Crippen LogP contribution in [0.4, 0.5) is 11.4 Å². The standard InChI is InChI=1S/C26H36N2.C12H2Cl6O4.Ni/c1-17(2)21-11-9-12-22(18(3)4)25(21)27-15-16-28-26-23(19(5)6)13-10-14-24(26)20(7)8;13-1-2(14)4(16)10-9(3(1)15)21-11-5(17)7(19)8(20)6(18)12(11)22-10;/h9-20H,1-8H3;19-20H;/q;;+2/p-2. The van der Waals surface area contributed by atoms with Gasteiger partial charge in [0.25, 0.3) is 0 Å². The van der Waals surface area contributed by atoms with E-state index in [1.165, 1.54) is 22.3 Å². The SMILES string of the molecule is CC(C)c1cccc(C(C)C)c1N=CC=Nc1c(C(C)C)cccc1C(C)C.[Ni+2].[O-]c1c([O-])c(Cl)c2c(c1Cl)Oc1c(Cl)c(Cl)c(Cl)c(Cl)c1O2. The molecule has 0 unspecified atom stereocenters. The van der Waals surface area contributed by atoms with Crippen LogP contribution in [0.5, 0.6) is 34.5 Å². The number of hydrogen-bond donors (Lipinski definition) is 0. The van der Waals surface area contributed by atoms with Gasteiger partial charge < -0.3 is 19.7 Å². The molecule has 0 saturated heterocycles. The summed E-state index contributed by atoms with van der Waals surface area (Å²) in [5.41, 5.74) is 7.37. The Morgan fingerprint density at radius 1 is 0.471 bits per heavy atom. The van der Waals surface area contributed by atoms with Gasteiger partial charge in [-0.2, -0.15) is 0 Å². The second-order valence-electron chi connectivity index (χ2n) is 12.8. The van der Waals surface area contributed by atoms with Crippen LogP contribution in [-0.4, -0.2) is 12.4 Å². The molecule has 1 aliphatic heterocycles. The van der Waals surface area contributed by atoms with Gasteiger partial charge in [-0.05, 0) is 45.9 Å². The Morgan fingerprint density at radius 3 is 0.980 bits per heavy atom. The molecular formula is C38H36Cl6N2NiO4. The Kier molecular flexibility index (Phi) is 15.3. The van der Waals surface area contributed by atoms with Crippen LogP contribution in [0.3, 0.4) is 0 Å². The first kappa shape index (κ1) is 43.1. The van der Waals surface area contributed by atoms with E-state index in [4.69, 9.17) is 89.1 Å². The quantitative estimate of drug-likeness (QED) is 0.0706. The number of halogens is 6. The molecule has 4 aromatic carbocycles. The normalized spacial score (nSPS) is 12.2. The van der Waals surface area contributed by atoms with E-state index in [1.807, 2.05) is 12.4 Å². The van der Waals surface area contributed by atoms with Crippen LogP contribution in [0.15, 0.2) is 46.4 Å². The largest absolute Gasteiger partial charge is 2.00 e. The molecule has 0 saturated carbocycles. The number of fused-ring (bicyclic) bond motifs is 2. The van der Waals surface area contributed by atoms with Crippen LogP contribution < -0.4 is 19.7 Å². The molecule has 0 radical (unpaired) electrons. The molecule has 0 aromatic heterocycles. The summed E-state index contributed by atoms with van der Waals surface area (Å²) >= 11 is 35.5. The topological polar surface area (TPSA) is 89.3 Å². The van der Waals surface area contributed by atoms with Crippen molar-refractivity contribution in [2.45, 2.75) is 79.1 Å². The minimum atomic E-state index is -1.03. The van der Waals surface area contributed by atoms with Crippen molar-refractivity contribution in [3.8, 4) is 34.5 Å². The average Bonchev–Trinajstić information content (AvgIpc) is 3.08. The second-order valence-corrected chi connectivity index (χ2v) is 15.1. The third-order valence-corrected chi connectivity index (χ3v) is 10.4. The van der Waals surface area contributed by atoms with E-state index in [0.717, 1.165) is 11.4 Å². The molecule has 0 amide bonds. The molecule has 4 aromatic rings. The molecule has 274 valence electrons. The van der Waals surface area contributed by atoms with Crippen LogP contribution in [0.25, 0.3) is 0 Å². The summed E-state index contributed by atoms with van der Waals surface area (Å²) in [5.74, 6) is -0.975. The number of nitrogens with zero attached hydrogens (tertiary/aromatic N) is 2. The summed E-state index contributed by atoms with van der Waals surface area (Å²) in [5, 5.41) is 22.0. The number of rotatable bonds is 7. The van der Waals surface area contributed by atoms with Gasteiger partial charge in [-0.15, -0.1) is 0 Å². The first-order chi connectivity index (χ1) is 23.5. The molecule has 0 bridgehead atoms. The minimum Gasteiger partial charge on any atom is -0.872 e. The van der Waals surface area contributed by atoms with Gasteiger partial charge in [0.05, 0.1) is 31.5 Å². The number of aliphatic imine (C=N–C) groups is 2. The molecule has 1 aliphatic rings. The van der Waals surface area contributed by atoms with E-state index in [0.29, 0.717) is 23.7 Å². The van der Waals surface area contributed by atoms with Crippen molar-refractivity contribution in [1.82, 2.24) is 0 Å². The Labute approximate surface area is 339 Å². The number of benzene rings is 4. The zero-order valence-corrected chi connectivity index (χ0v) is 34.6. The Hall–Kier alpha value is -2.35. The Bertz CT molecular complexity index is 1720. The predicted molar refractivity (Wildman–Crippen MR) is 208 cm³/mol. The van der Waals surface area contributed by atoms with Gasteiger partial charge in [0.2, 0.25) is 0 Å². The van der Waals surface area contributed by atoms with Crippen LogP contribution in [0, 0.1) is 0 Å². The third-order valence-electron chi connectivity index (χ3n) is 7.96. The molecule has 0 spiro atoms. The second kappa shape index (κ2) is 18.1. The van der Waals surface area contributed by atoms with Crippen molar-refractivity contribution in [3.63, 3.8) is 0 Å². The number of hydrogen-bond acceptors (Lipinski definition) is 6. The van der Waals surface area contributed by atoms with Crippen molar-refractivity contribution >= 4 is 93.4 Å². The Morgan fingerprint density at radius 2 is 0.725 bits per heavy atom. The van der Waals surface area contributed by atoms with Gasteiger partial charge in [0.1, 0.15) is 10.0 Å². The summed E-state index contributed by atoms with van der Waals surface area (Å²) in [6.45, 7) is 17.8. The van der Waals surface area contributed by atoms with Crippen LogP contribution >= 0.6 is 69.6 Å². The van der Waals surface area contributed by atoms with Gasteiger partial charge in [-0.25, -0.2) is 0 Å². The van der Waals surface area contributed by atoms with Crippen molar-refractivity contribution in [2.75, 3.05) is 0 Å².